The molecule has 0 aliphatic carbocycles. The molecule has 0 aromatic heterocycles. The topological polar surface area (TPSA) is 29.5 Å². The Labute approximate surface area is 99.1 Å². The van der Waals surface area contributed by atoms with Gasteiger partial charge in [-0.25, -0.2) is 0 Å². The molecule has 0 aromatic rings. The summed E-state index contributed by atoms with van der Waals surface area (Å²) in [4.78, 5) is 14.1. The van der Waals surface area contributed by atoms with Crippen LogP contribution in [0.5, 0.6) is 0 Å². The average Bonchev–Trinajstić information content (AvgIpc) is 2.13. The standard InChI is InChI=1S/C13H25NO2/c1-10-7-6-8-11(2)14(10)12(15)9-16-13(3,4)5/h10-11H,6-9H2,1-5H3. The lowest BCUT2D eigenvalue weighted by molar-refractivity contribution is -0.147. The molecule has 0 saturated carbocycles. The minimum absolute atomic E-state index is 0.134. The van der Waals surface area contributed by atoms with Crippen LogP contribution in [0.3, 0.4) is 0 Å². The lowest BCUT2D eigenvalue weighted by Gasteiger charge is -2.39. The first-order valence-corrected chi connectivity index (χ1v) is 6.26. The molecule has 0 radical (unpaired) electrons. The van der Waals surface area contributed by atoms with Crippen LogP contribution in [0, 0.1) is 0 Å². The fourth-order valence-electron chi connectivity index (χ4n) is 2.27. The Balaban J connectivity index is 2.51. The van der Waals surface area contributed by atoms with Crippen molar-refractivity contribution in [1.29, 1.82) is 0 Å². The number of carbonyl (C=O) groups is 1. The van der Waals surface area contributed by atoms with Crippen LogP contribution in [0.15, 0.2) is 0 Å². The van der Waals surface area contributed by atoms with E-state index in [1.807, 2.05) is 25.7 Å². The number of nitrogens with zero attached hydrogens (tertiary/aromatic N) is 1. The van der Waals surface area contributed by atoms with Crippen molar-refractivity contribution in [3.63, 3.8) is 0 Å². The molecule has 1 heterocycles. The maximum Gasteiger partial charge on any atom is 0.249 e. The molecule has 3 nitrogen and oxygen atoms in total. The van der Waals surface area contributed by atoms with Crippen molar-refractivity contribution in [3.8, 4) is 0 Å². The second kappa shape index (κ2) is 5.17. The van der Waals surface area contributed by atoms with Gasteiger partial charge in [-0.3, -0.25) is 4.79 Å². The van der Waals surface area contributed by atoms with Crippen molar-refractivity contribution in [1.82, 2.24) is 4.90 Å². The van der Waals surface area contributed by atoms with Crippen LogP contribution in [0.2, 0.25) is 0 Å². The molecule has 1 aliphatic rings. The van der Waals surface area contributed by atoms with Gasteiger partial charge in [0.25, 0.3) is 0 Å². The van der Waals surface area contributed by atoms with Crippen LogP contribution < -0.4 is 0 Å². The third kappa shape index (κ3) is 3.78. The summed E-state index contributed by atoms with van der Waals surface area (Å²) in [7, 11) is 0. The lowest BCUT2D eigenvalue weighted by atomic mass is 9.97. The molecule has 1 aliphatic heterocycles. The number of carbonyl (C=O) groups excluding carboxylic acids is 1. The number of hydrogen-bond acceptors (Lipinski definition) is 2. The predicted molar refractivity (Wildman–Crippen MR) is 65.3 cm³/mol. The van der Waals surface area contributed by atoms with Gasteiger partial charge in [-0.05, 0) is 53.9 Å². The average molecular weight is 227 g/mol. The Morgan fingerprint density at radius 3 is 2.19 bits per heavy atom. The molecule has 1 rings (SSSR count). The summed E-state index contributed by atoms with van der Waals surface area (Å²) < 4.78 is 5.55. The Hall–Kier alpha value is -0.570. The van der Waals surface area contributed by atoms with E-state index in [4.69, 9.17) is 4.74 Å². The fourth-order valence-corrected chi connectivity index (χ4v) is 2.27. The Morgan fingerprint density at radius 2 is 1.75 bits per heavy atom. The van der Waals surface area contributed by atoms with Crippen LogP contribution in [0.4, 0.5) is 0 Å². The van der Waals surface area contributed by atoms with E-state index in [1.165, 1.54) is 6.42 Å². The normalized spacial score (nSPS) is 26.9. The first-order chi connectivity index (χ1) is 7.31. The second-order valence-corrected chi connectivity index (χ2v) is 5.83. The summed E-state index contributed by atoms with van der Waals surface area (Å²) >= 11 is 0. The molecule has 1 saturated heterocycles. The number of likely N-dealkylation sites (tertiary alicyclic amines) is 1. The molecule has 0 aromatic carbocycles. The smallest absolute Gasteiger partial charge is 0.249 e. The van der Waals surface area contributed by atoms with Gasteiger partial charge in [0.2, 0.25) is 5.91 Å². The van der Waals surface area contributed by atoms with Crippen LogP contribution in [-0.4, -0.2) is 35.1 Å². The first-order valence-electron chi connectivity index (χ1n) is 6.26. The number of rotatable bonds is 2. The van der Waals surface area contributed by atoms with Gasteiger partial charge in [0.05, 0.1) is 5.60 Å². The van der Waals surface area contributed by atoms with Gasteiger partial charge in [0.15, 0.2) is 0 Å². The Kier molecular flexibility index (Phi) is 4.36. The number of ether oxygens (including phenoxy) is 1. The lowest BCUT2D eigenvalue weighted by Crippen LogP contribution is -2.49. The molecule has 0 spiro atoms. The molecule has 3 heteroatoms. The molecular weight excluding hydrogens is 202 g/mol. The Morgan fingerprint density at radius 1 is 1.25 bits per heavy atom. The monoisotopic (exact) mass is 227 g/mol. The second-order valence-electron chi connectivity index (χ2n) is 5.83. The van der Waals surface area contributed by atoms with Crippen molar-refractivity contribution in [2.24, 2.45) is 0 Å². The molecule has 2 atom stereocenters. The van der Waals surface area contributed by atoms with Crippen molar-refractivity contribution in [2.45, 2.75) is 71.6 Å². The SMILES string of the molecule is CC1CCCC(C)N1C(=O)COC(C)(C)C. The maximum absolute atomic E-state index is 12.1. The highest BCUT2D eigenvalue weighted by molar-refractivity contribution is 5.78. The molecule has 0 N–H and O–H groups in total. The van der Waals surface area contributed by atoms with Gasteiger partial charge >= 0.3 is 0 Å². The van der Waals surface area contributed by atoms with E-state index in [0.29, 0.717) is 12.1 Å². The highest BCUT2D eigenvalue weighted by Crippen LogP contribution is 2.22. The summed E-state index contributed by atoms with van der Waals surface area (Å²) in [5.74, 6) is 0.134. The highest BCUT2D eigenvalue weighted by atomic mass is 16.5. The minimum atomic E-state index is -0.238. The predicted octanol–water partition coefficient (Wildman–Crippen LogP) is 2.59. The van der Waals surface area contributed by atoms with Gasteiger partial charge in [-0.1, -0.05) is 0 Å². The third-order valence-corrected chi connectivity index (χ3v) is 3.11. The van der Waals surface area contributed by atoms with Crippen LogP contribution in [0.1, 0.15) is 53.9 Å². The molecule has 94 valence electrons. The summed E-state index contributed by atoms with van der Waals surface area (Å²) in [6, 6.07) is 0.722. The van der Waals surface area contributed by atoms with Gasteiger partial charge in [0, 0.05) is 12.1 Å². The fraction of sp³-hybridized carbons (Fsp3) is 0.923. The maximum atomic E-state index is 12.1. The van der Waals surface area contributed by atoms with Crippen molar-refractivity contribution >= 4 is 5.91 Å². The van der Waals surface area contributed by atoms with E-state index in [2.05, 4.69) is 13.8 Å². The van der Waals surface area contributed by atoms with E-state index in [-0.39, 0.29) is 18.1 Å². The molecule has 1 amide bonds. The number of hydrogen-bond donors (Lipinski definition) is 0. The summed E-state index contributed by atoms with van der Waals surface area (Å²) in [5.41, 5.74) is -0.238. The first kappa shape index (κ1) is 13.5. The minimum Gasteiger partial charge on any atom is -0.366 e. The van der Waals surface area contributed by atoms with E-state index < -0.39 is 0 Å². The summed E-state index contributed by atoms with van der Waals surface area (Å²) in [6.07, 6.45) is 3.46. The summed E-state index contributed by atoms with van der Waals surface area (Å²) in [6.45, 7) is 10.4. The van der Waals surface area contributed by atoms with Gasteiger partial charge in [-0.2, -0.15) is 0 Å². The quantitative estimate of drug-likeness (QED) is 0.725. The Bertz CT molecular complexity index is 235. The summed E-state index contributed by atoms with van der Waals surface area (Å²) in [5, 5.41) is 0. The molecule has 1 fully saturated rings. The zero-order valence-corrected chi connectivity index (χ0v) is 11.2. The molecular formula is C13H25NO2. The van der Waals surface area contributed by atoms with Gasteiger partial charge in [0.1, 0.15) is 6.61 Å². The third-order valence-electron chi connectivity index (χ3n) is 3.11. The van der Waals surface area contributed by atoms with E-state index in [0.717, 1.165) is 12.8 Å². The van der Waals surface area contributed by atoms with Crippen LogP contribution >= 0.6 is 0 Å². The number of amides is 1. The van der Waals surface area contributed by atoms with Crippen molar-refractivity contribution in [2.75, 3.05) is 6.61 Å². The molecule has 16 heavy (non-hydrogen) atoms. The van der Waals surface area contributed by atoms with E-state index >= 15 is 0 Å². The van der Waals surface area contributed by atoms with Gasteiger partial charge < -0.3 is 9.64 Å². The van der Waals surface area contributed by atoms with Crippen molar-refractivity contribution < 1.29 is 9.53 Å². The van der Waals surface area contributed by atoms with Crippen LogP contribution in [-0.2, 0) is 9.53 Å². The van der Waals surface area contributed by atoms with E-state index in [9.17, 15) is 4.79 Å². The molecule has 2 unspecified atom stereocenters. The van der Waals surface area contributed by atoms with Gasteiger partial charge in [-0.15, -0.1) is 0 Å². The van der Waals surface area contributed by atoms with E-state index in [1.54, 1.807) is 0 Å². The molecule has 0 bridgehead atoms. The van der Waals surface area contributed by atoms with Crippen molar-refractivity contribution in [3.05, 3.63) is 0 Å². The highest BCUT2D eigenvalue weighted by Gasteiger charge is 2.29. The zero-order valence-electron chi connectivity index (χ0n) is 11.2. The van der Waals surface area contributed by atoms with Crippen LogP contribution in [0.25, 0.3) is 0 Å². The largest absolute Gasteiger partial charge is 0.366 e. The zero-order chi connectivity index (χ0) is 12.3. The number of piperidine rings is 1.